The molecule has 1 atom stereocenters. The molecule has 20 heavy (non-hydrogen) atoms. The van der Waals surface area contributed by atoms with Crippen LogP contribution in [0.2, 0.25) is 0 Å². The smallest absolute Gasteiger partial charge is 0.276 e. The van der Waals surface area contributed by atoms with Crippen molar-refractivity contribution in [2.75, 3.05) is 40.3 Å². The third-order valence-electron chi connectivity index (χ3n) is 3.50. The van der Waals surface area contributed by atoms with Gasteiger partial charge in [-0.3, -0.25) is 4.79 Å². The molecule has 6 nitrogen and oxygen atoms in total. The average Bonchev–Trinajstić information content (AvgIpc) is 3.04. The first kappa shape index (κ1) is 15.0. The monoisotopic (exact) mass is 281 g/mol. The molecule has 1 aliphatic rings. The van der Waals surface area contributed by atoms with Gasteiger partial charge in [0.15, 0.2) is 12.1 Å². The highest BCUT2D eigenvalue weighted by Gasteiger charge is 2.25. The summed E-state index contributed by atoms with van der Waals surface area (Å²) in [6, 6.07) is 0. The molecule has 1 amide bonds. The molecule has 1 fully saturated rings. The zero-order valence-corrected chi connectivity index (χ0v) is 12.5. The molecule has 0 bridgehead atoms. The van der Waals surface area contributed by atoms with Crippen molar-refractivity contribution in [2.45, 2.75) is 25.9 Å². The molecule has 2 heterocycles. The number of hydrogen-bond donors (Lipinski definition) is 0. The SMILES string of the molecule is Cc1ocnc1C(=O)N(CCN(C)C)CC1CCCO1. The van der Waals surface area contributed by atoms with Crippen LogP contribution >= 0.6 is 0 Å². The van der Waals surface area contributed by atoms with E-state index in [0.29, 0.717) is 24.5 Å². The van der Waals surface area contributed by atoms with Crippen LogP contribution in [0.15, 0.2) is 10.8 Å². The van der Waals surface area contributed by atoms with Gasteiger partial charge in [0, 0.05) is 26.2 Å². The van der Waals surface area contributed by atoms with E-state index >= 15 is 0 Å². The van der Waals surface area contributed by atoms with Crippen LogP contribution in [0.1, 0.15) is 29.1 Å². The molecule has 0 spiro atoms. The average molecular weight is 281 g/mol. The molecule has 1 saturated heterocycles. The summed E-state index contributed by atoms with van der Waals surface area (Å²) in [6.07, 6.45) is 3.55. The van der Waals surface area contributed by atoms with E-state index in [4.69, 9.17) is 9.15 Å². The second kappa shape index (κ2) is 6.85. The molecule has 2 rings (SSSR count). The maximum atomic E-state index is 12.6. The Morgan fingerprint density at radius 2 is 2.25 bits per heavy atom. The van der Waals surface area contributed by atoms with E-state index in [0.717, 1.165) is 26.0 Å². The number of oxazole rings is 1. The molecule has 0 N–H and O–H groups in total. The number of amides is 1. The van der Waals surface area contributed by atoms with Crippen molar-refractivity contribution in [2.24, 2.45) is 0 Å². The largest absolute Gasteiger partial charge is 0.448 e. The van der Waals surface area contributed by atoms with E-state index in [1.165, 1.54) is 6.39 Å². The summed E-state index contributed by atoms with van der Waals surface area (Å²) in [4.78, 5) is 20.5. The number of hydrogen-bond acceptors (Lipinski definition) is 5. The lowest BCUT2D eigenvalue weighted by Crippen LogP contribution is -2.41. The van der Waals surface area contributed by atoms with Crippen LogP contribution < -0.4 is 0 Å². The first-order chi connectivity index (χ1) is 9.58. The van der Waals surface area contributed by atoms with Gasteiger partial charge in [-0.25, -0.2) is 4.98 Å². The molecule has 0 aromatic carbocycles. The quantitative estimate of drug-likeness (QED) is 0.783. The lowest BCUT2D eigenvalue weighted by atomic mass is 10.2. The minimum atomic E-state index is -0.0754. The summed E-state index contributed by atoms with van der Waals surface area (Å²) in [5.74, 6) is 0.491. The number of carbonyl (C=O) groups excluding carboxylic acids is 1. The molecule has 6 heteroatoms. The lowest BCUT2D eigenvalue weighted by Gasteiger charge is -2.26. The normalized spacial score (nSPS) is 18.7. The van der Waals surface area contributed by atoms with Crippen LogP contribution in [0, 0.1) is 6.92 Å². The first-order valence-corrected chi connectivity index (χ1v) is 7.03. The fourth-order valence-electron chi connectivity index (χ4n) is 2.29. The number of ether oxygens (including phenoxy) is 1. The molecule has 1 aromatic rings. The van der Waals surface area contributed by atoms with Crippen molar-refractivity contribution in [3.05, 3.63) is 17.8 Å². The molecule has 1 aromatic heterocycles. The van der Waals surface area contributed by atoms with Crippen LogP contribution in [0.4, 0.5) is 0 Å². The Labute approximate surface area is 119 Å². The summed E-state index contributed by atoms with van der Waals surface area (Å²) in [5.41, 5.74) is 0.404. The molecule has 1 aliphatic heterocycles. The number of aryl methyl sites for hydroxylation is 1. The second-order valence-electron chi connectivity index (χ2n) is 5.45. The second-order valence-corrected chi connectivity index (χ2v) is 5.45. The number of rotatable bonds is 6. The summed E-state index contributed by atoms with van der Waals surface area (Å²) >= 11 is 0. The van der Waals surface area contributed by atoms with Gasteiger partial charge in [-0.1, -0.05) is 0 Å². The van der Waals surface area contributed by atoms with Gasteiger partial charge in [-0.05, 0) is 33.9 Å². The summed E-state index contributed by atoms with van der Waals surface area (Å²) in [6.45, 7) is 4.66. The Hall–Kier alpha value is -1.40. The van der Waals surface area contributed by atoms with Crippen molar-refractivity contribution < 1.29 is 13.9 Å². The Balaban J connectivity index is 2.04. The van der Waals surface area contributed by atoms with Crippen LogP contribution in [0.3, 0.4) is 0 Å². The van der Waals surface area contributed by atoms with Gasteiger partial charge in [0.25, 0.3) is 5.91 Å². The molecular formula is C14H23N3O3. The highest BCUT2D eigenvalue weighted by molar-refractivity contribution is 5.93. The Kier molecular flexibility index (Phi) is 5.14. The van der Waals surface area contributed by atoms with Crippen molar-refractivity contribution in [3.63, 3.8) is 0 Å². The molecule has 0 saturated carbocycles. The standard InChI is InChI=1S/C14H23N3O3/c1-11-13(15-10-20-11)14(18)17(7-6-16(2)3)9-12-5-4-8-19-12/h10,12H,4-9H2,1-3H3. The van der Waals surface area contributed by atoms with E-state index in [1.54, 1.807) is 6.92 Å². The third-order valence-corrected chi connectivity index (χ3v) is 3.50. The fourth-order valence-corrected chi connectivity index (χ4v) is 2.29. The molecule has 0 aliphatic carbocycles. The zero-order valence-electron chi connectivity index (χ0n) is 12.5. The summed E-state index contributed by atoms with van der Waals surface area (Å²) in [5, 5.41) is 0. The minimum absolute atomic E-state index is 0.0754. The molecular weight excluding hydrogens is 258 g/mol. The van der Waals surface area contributed by atoms with Gasteiger partial charge >= 0.3 is 0 Å². The van der Waals surface area contributed by atoms with E-state index < -0.39 is 0 Å². The van der Waals surface area contributed by atoms with Crippen molar-refractivity contribution in [1.82, 2.24) is 14.8 Å². The van der Waals surface area contributed by atoms with Crippen LogP contribution in [0.25, 0.3) is 0 Å². The first-order valence-electron chi connectivity index (χ1n) is 7.03. The topological polar surface area (TPSA) is 58.8 Å². The van der Waals surface area contributed by atoms with Gasteiger partial charge in [0.1, 0.15) is 5.76 Å². The molecule has 1 unspecified atom stereocenters. The number of nitrogens with zero attached hydrogens (tertiary/aromatic N) is 3. The highest BCUT2D eigenvalue weighted by atomic mass is 16.5. The predicted molar refractivity (Wildman–Crippen MR) is 74.7 cm³/mol. The lowest BCUT2D eigenvalue weighted by molar-refractivity contribution is 0.0507. The van der Waals surface area contributed by atoms with Gasteiger partial charge in [-0.15, -0.1) is 0 Å². The maximum Gasteiger partial charge on any atom is 0.276 e. The van der Waals surface area contributed by atoms with Gasteiger partial charge < -0.3 is 19.0 Å². The summed E-state index contributed by atoms with van der Waals surface area (Å²) in [7, 11) is 3.99. The number of carbonyl (C=O) groups is 1. The van der Waals surface area contributed by atoms with Crippen LogP contribution in [-0.4, -0.2) is 67.1 Å². The van der Waals surface area contributed by atoms with Gasteiger partial charge in [0.2, 0.25) is 0 Å². The van der Waals surface area contributed by atoms with Gasteiger partial charge in [-0.2, -0.15) is 0 Å². The maximum absolute atomic E-state index is 12.6. The van der Waals surface area contributed by atoms with E-state index in [1.807, 2.05) is 19.0 Å². The Morgan fingerprint density at radius 1 is 1.45 bits per heavy atom. The van der Waals surface area contributed by atoms with E-state index in [2.05, 4.69) is 9.88 Å². The summed E-state index contributed by atoms with van der Waals surface area (Å²) < 4.78 is 10.8. The highest BCUT2D eigenvalue weighted by Crippen LogP contribution is 2.16. The number of likely N-dealkylation sites (N-methyl/N-ethyl adjacent to an activating group) is 1. The predicted octanol–water partition coefficient (Wildman–Crippen LogP) is 1.17. The molecule has 112 valence electrons. The Bertz CT molecular complexity index is 439. The zero-order chi connectivity index (χ0) is 14.5. The van der Waals surface area contributed by atoms with E-state index in [-0.39, 0.29) is 12.0 Å². The minimum Gasteiger partial charge on any atom is -0.448 e. The van der Waals surface area contributed by atoms with Gasteiger partial charge in [0.05, 0.1) is 6.10 Å². The number of aromatic nitrogens is 1. The van der Waals surface area contributed by atoms with Crippen LogP contribution in [0.5, 0.6) is 0 Å². The fraction of sp³-hybridized carbons (Fsp3) is 0.714. The van der Waals surface area contributed by atoms with E-state index in [9.17, 15) is 4.79 Å². The van der Waals surface area contributed by atoms with Crippen molar-refractivity contribution in [3.8, 4) is 0 Å². The third kappa shape index (κ3) is 3.80. The Morgan fingerprint density at radius 3 is 2.80 bits per heavy atom. The van der Waals surface area contributed by atoms with Crippen LogP contribution in [-0.2, 0) is 4.74 Å². The van der Waals surface area contributed by atoms with Crippen molar-refractivity contribution >= 4 is 5.91 Å². The van der Waals surface area contributed by atoms with Crippen molar-refractivity contribution in [1.29, 1.82) is 0 Å². The molecule has 0 radical (unpaired) electrons.